The number of hydrogen-bond donors (Lipinski definition) is 1. The zero-order valence-corrected chi connectivity index (χ0v) is 17.0. The number of benzene rings is 3. The van der Waals surface area contributed by atoms with Crippen molar-refractivity contribution in [1.29, 1.82) is 0 Å². The van der Waals surface area contributed by atoms with E-state index in [0.717, 1.165) is 36.4 Å². The molecule has 152 valence electrons. The minimum absolute atomic E-state index is 0.0473. The molecule has 4 rings (SSSR count). The summed E-state index contributed by atoms with van der Waals surface area (Å²) in [7, 11) is 1.76. The molecule has 0 bridgehead atoms. The maximum absolute atomic E-state index is 12.8. The van der Waals surface area contributed by atoms with Gasteiger partial charge in [-0.3, -0.25) is 9.59 Å². The first-order valence-corrected chi connectivity index (χ1v) is 10.2. The molecule has 0 aliphatic carbocycles. The fraction of sp³-hybridized carbons (Fsp3) is 0.200. The van der Waals surface area contributed by atoms with Crippen LogP contribution in [0, 0.1) is 0 Å². The van der Waals surface area contributed by atoms with E-state index >= 15 is 0 Å². The monoisotopic (exact) mass is 399 g/mol. The summed E-state index contributed by atoms with van der Waals surface area (Å²) in [5, 5.41) is 3.18. The normalized spacial score (nSPS) is 12.8. The lowest BCUT2D eigenvalue weighted by Gasteiger charge is -2.29. The SMILES string of the molecule is CN(C(=O)c1ccc(NCC(=O)N2CCCc3ccccc32)cc1)c1ccccc1. The summed E-state index contributed by atoms with van der Waals surface area (Å²) < 4.78 is 0. The molecule has 3 aromatic carbocycles. The molecule has 2 amide bonds. The molecule has 1 heterocycles. The minimum atomic E-state index is -0.0752. The summed E-state index contributed by atoms with van der Waals surface area (Å²) in [4.78, 5) is 28.9. The summed E-state index contributed by atoms with van der Waals surface area (Å²) in [6.07, 6.45) is 1.99. The first-order chi connectivity index (χ1) is 14.6. The molecule has 0 fully saturated rings. The fourth-order valence-corrected chi connectivity index (χ4v) is 3.76. The van der Waals surface area contributed by atoms with Gasteiger partial charge in [-0.1, -0.05) is 36.4 Å². The Morgan fingerprint density at radius 2 is 1.63 bits per heavy atom. The fourth-order valence-electron chi connectivity index (χ4n) is 3.76. The molecule has 0 unspecified atom stereocenters. The molecule has 1 N–H and O–H groups in total. The van der Waals surface area contributed by atoms with E-state index in [2.05, 4.69) is 11.4 Å². The number of carbonyl (C=O) groups is 2. The zero-order valence-electron chi connectivity index (χ0n) is 17.0. The summed E-state index contributed by atoms with van der Waals surface area (Å²) in [6.45, 7) is 0.961. The molecule has 0 aromatic heterocycles. The van der Waals surface area contributed by atoms with Crippen LogP contribution in [0.4, 0.5) is 17.1 Å². The van der Waals surface area contributed by atoms with Crippen molar-refractivity contribution in [1.82, 2.24) is 0 Å². The van der Waals surface area contributed by atoms with Gasteiger partial charge in [-0.2, -0.15) is 0 Å². The van der Waals surface area contributed by atoms with Crippen LogP contribution in [0.1, 0.15) is 22.3 Å². The van der Waals surface area contributed by atoms with Crippen LogP contribution in [-0.4, -0.2) is 32.0 Å². The second kappa shape index (κ2) is 8.82. The zero-order chi connectivity index (χ0) is 20.9. The predicted octanol–water partition coefficient (Wildman–Crippen LogP) is 4.35. The van der Waals surface area contributed by atoms with E-state index in [-0.39, 0.29) is 18.4 Å². The van der Waals surface area contributed by atoms with Gasteiger partial charge in [-0.15, -0.1) is 0 Å². The van der Waals surface area contributed by atoms with Gasteiger partial charge in [0.25, 0.3) is 5.91 Å². The first-order valence-electron chi connectivity index (χ1n) is 10.2. The molecule has 5 nitrogen and oxygen atoms in total. The maximum atomic E-state index is 12.8. The molecule has 1 aliphatic rings. The lowest BCUT2D eigenvalue weighted by atomic mass is 10.0. The van der Waals surface area contributed by atoms with Crippen LogP contribution in [0.25, 0.3) is 0 Å². The molecule has 0 saturated heterocycles. The van der Waals surface area contributed by atoms with Crippen molar-refractivity contribution < 1.29 is 9.59 Å². The number of nitrogens with one attached hydrogen (secondary N) is 1. The van der Waals surface area contributed by atoms with Crippen LogP contribution >= 0.6 is 0 Å². The average Bonchev–Trinajstić information content (AvgIpc) is 2.82. The van der Waals surface area contributed by atoms with E-state index in [9.17, 15) is 9.59 Å². The molecular weight excluding hydrogens is 374 g/mol. The van der Waals surface area contributed by atoms with Crippen molar-refractivity contribution in [3.8, 4) is 0 Å². The highest BCUT2D eigenvalue weighted by molar-refractivity contribution is 6.06. The van der Waals surface area contributed by atoms with Crippen LogP contribution in [0.2, 0.25) is 0 Å². The lowest BCUT2D eigenvalue weighted by Crippen LogP contribution is -2.39. The van der Waals surface area contributed by atoms with E-state index in [1.807, 2.05) is 65.6 Å². The van der Waals surface area contributed by atoms with Crippen molar-refractivity contribution in [2.75, 3.05) is 35.3 Å². The van der Waals surface area contributed by atoms with Crippen molar-refractivity contribution >= 4 is 28.9 Å². The lowest BCUT2D eigenvalue weighted by molar-refractivity contribution is -0.117. The summed E-state index contributed by atoms with van der Waals surface area (Å²) in [5.74, 6) is -0.0279. The number of hydrogen-bond acceptors (Lipinski definition) is 3. The number of aryl methyl sites for hydroxylation is 1. The molecule has 30 heavy (non-hydrogen) atoms. The number of anilines is 3. The Balaban J connectivity index is 1.37. The number of amides is 2. The quantitative estimate of drug-likeness (QED) is 0.694. The van der Waals surface area contributed by atoms with Crippen LogP contribution in [0.5, 0.6) is 0 Å². The number of nitrogens with zero attached hydrogens (tertiary/aromatic N) is 2. The third-order valence-corrected chi connectivity index (χ3v) is 5.44. The minimum Gasteiger partial charge on any atom is -0.376 e. The van der Waals surface area contributed by atoms with E-state index in [1.54, 1.807) is 24.1 Å². The Morgan fingerprint density at radius 3 is 2.40 bits per heavy atom. The van der Waals surface area contributed by atoms with Gasteiger partial charge in [-0.25, -0.2) is 0 Å². The number of rotatable bonds is 5. The van der Waals surface area contributed by atoms with Crippen LogP contribution < -0.4 is 15.1 Å². The van der Waals surface area contributed by atoms with Gasteiger partial charge in [0, 0.05) is 36.2 Å². The highest BCUT2D eigenvalue weighted by atomic mass is 16.2. The molecule has 1 aliphatic heterocycles. The van der Waals surface area contributed by atoms with Crippen molar-refractivity contribution in [3.05, 3.63) is 90.0 Å². The van der Waals surface area contributed by atoms with Gasteiger partial charge in [-0.05, 0) is 60.9 Å². The summed E-state index contributed by atoms with van der Waals surface area (Å²) in [6, 6.07) is 24.9. The summed E-state index contributed by atoms with van der Waals surface area (Å²) in [5.41, 5.74) is 4.50. The van der Waals surface area contributed by atoms with Gasteiger partial charge in [0.15, 0.2) is 0 Å². The third kappa shape index (κ3) is 4.20. The number of para-hydroxylation sites is 2. The van der Waals surface area contributed by atoms with E-state index in [0.29, 0.717) is 5.56 Å². The Bertz CT molecular complexity index is 1030. The van der Waals surface area contributed by atoms with E-state index in [4.69, 9.17) is 0 Å². The molecule has 3 aromatic rings. The average molecular weight is 399 g/mol. The van der Waals surface area contributed by atoms with E-state index < -0.39 is 0 Å². The highest BCUT2D eigenvalue weighted by Crippen LogP contribution is 2.26. The van der Waals surface area contributed by atoms with Crippen LogP contribution in [0.3, 0.4) is 0 Å². The smallest absolute Gasteiger partial charge is 0.258 e. The third-order valence-electron chi connectivity index (χ3n) is 5.44. The van der Waals surface area contributed by atoms with Gasteiger partial charge in [0.1, 0.15) is 0 Å². The molecular formula is C25H25N3O2. The van der Waals surface area contributed by atoms with Gasteiger partial charge < -0.3 is 15.1 Å². The molecule has 5 heteroatoms. The molecule has 0 spiro atoms. The Labute approximate surface area is 176 Å². The van der Waals surface area contributed by atoms with Crippen molar-refractivity contribution in [2.24, 2.45) is 0 Å². The Kier molecular flexibility index (Phi) is 5.80. The first kappa shape index (κ1) is 19.7. The molecule has 0 atom stereocenters. The van der Waals surface area contributed by atoms with Crippen LogP contribution in [0.15, 0.2) is 78.9 Å². The van der Waals surface area contributed by atoms with Crippen LogP contribution in [-0.2, 0) is 11.2 Å². The topological polar surface area (TPSA) is 52.7 Å². The maximum Gasteiger partial charge on any atom is 0.258 e. The Morgan fingerprint density at radius 1 is 0.933 bits per heavy atom. The second-order valence-corrected chi connectivity index (χ2v) is 7.41. The second-order valence-electron chi connectivity index (χ2n) is 7.41. The van der Waals surface area contributed by atoms with Crippen molar-refractivity contribution in [3.63, 3.8) is 0 Å². The molecule has 0 radical (unpaired) electrons. The summed E-state index contributed by atoms with van der Waals surface area (Å²) >= 11 is 0. The van der Waals surface area contributed by atoms with Crippen molar-refractivity contribution in [2.45, 2.75) is 12.8 Å². The largest absolute Gasteiger partial charge is 0.376 e. The number of carbonyl (C=O) groups excluding carboxylic acids is 2. The van der Waals surface area contributed by atoms with Gasteiger partial charge in [0.05, 0.1) is 6.54 Å². The number of fused-ring (bicyclic) bond motifs is 1. The predicted molar refractivity (Wildman–Crippen MR) is 121 cm³/mol. The van der Waals surface area contributed by atoms with Gasteiger partial charge in [0.2, 0.25) is 5.91 Å². The standard InChI is InChI=1S/C25H25N3O2/c1-27(22-10-3-2-4-11-22)25(30)20-13-15-21(16-14-20)26-18-24(29)28-17-7-9-19-8-5-6-12-23(19)28/h2-6,8,10-16,26H,7,9,17-18H2,1H3. The van der Waals surface area contributed by atoms with E-state index in [1.165, 1.54) is 5.56 Å². The van der Waals surface area contributed by atoms with Gasteiger partial charge >= 0.3 is 0 Å². The Hall–Kier alpha value is -3.60. The highest BCUT2D eigenvalue weighted by Gasteiger charge is 2.21. The molecule has 0 saturated carbocycles.